The van der Waals surface area contributed by atoms with Crippen LogP contribution in [0.5, 0.6) is 0 Å². The third-order valence-electron chi connectivity index (χ3n) is 12.4. The average Bonchev–Trinajstić information content (AvgIpc) is 3.84. The van der Waals surface area contributed by atoms with Gasteiger partial charge in [0.15, 0.2) is 0 Å². The van der Waals surface area contributed by atoms with Crippen molar-refractivity contribution in [2.24, 2.45) is 0 Å². The molecule has 58 heavy (non-hydrogen) atoms. The summed E-state index contributed by atoms with van der Waals surface area (Å²) in [6, 6.07) is 71.6. The molecule has 0 unspecified atom stereocenters. The molecule has 0 aliphatic heterocycles. The highest BCUT2D eigenvalue weighted by Gasteiger charge is 2.19. The predicted octanol–water partition coefficient (Wildman–Crippen LogP) is 16.7. The van der Waals surface area contributed by atoms with Crippen molar-refractivity contribution < 1.29 is 4.42 Å². The summed E-state index contributed by atoms with van der Waals surface area (Å²) in [6.45, 7) is 0. The van der Waals surface area contributed by atoms with E-state index in [0.29, 0.717) is 0 Å². The second-order valence-corrected chi connectivity index (χ2v) is 16.6. The van der Waals surface area contributed by atoms with Gasteiger partial charge in [0.1, 0.15) is 11.2 Å². The molecule has 0 saturated heterocycles. The van der Waals surface area contributed by atoms with E-state index < -0.39 is 0 Å². The Hall–Kier alpha value is -7.26. The van der Waals surface area contributed by atoms with Gasteiger partial charge in [-0.25, -0.2) is 0 Å². The van der Waals surface area contributed by atoms with Gasteiger partial charge < -0.3 is 4.42 Å². The first-order valence-electron chi connectivity index (χ1n) is 19.9. The minimum Gasteiger partial charge on any atom is -0.456 e. The van der Waals surface area contributed by atoms with Crippen LogP contribution in [-0.4, -0.2) is 0 Å². The van der Waals surface area contributed by atoms with Crippen LogP contribution in [-0.2, 0) is 0 Å². The largest absolute Gasteiger partial charge is 0.456 e. The van der Waals surface area contributed by atoms with E-state index in [1.54, 1.807) is 0 Å². The lowest BCUT2D eigenvalue weighted by atomic mass is 9.84. The van der Waals surface area contributed by atoms with Crippen molar-refractivity contribution >= 4 is 107 Å². The van der Waals surface area contributed by atoms with Gasteiger partial charge >= 0.3 is 0 Å². The van der Waals surface area contributed by atoms with Gasteiger partial charge in [0.05, 0.1) is 0 Å². The normalized spacial score (nSPS) is 12.1. The molecule has 2 aromatic heterocycles. The van der Waals surface area contributed by atoms with Gasteiger partial charge in [-0.1, -0.05) is 152 Å². The standard InChI is InChI=1S/C56H32OS/c1-2-12-40-33(10-1)11-9-18-42(40)55-45-16-5-3-14-43(45)54(44-15-4-6-17-46(44)55)39-23-22-34-28-35(20-21-36(34)29-39)37-25-27-53-50(30-37)47-26-24-38-31-52-49(32-48(38)56(47)58-53)41-13-7-8-19-51(41)57-52/h1-32H. The molecule has 11 aromatic carbocycles. The van der Waals surface area contributed by atoms with E-state index in [0.717, 1.165) is 11.2 Å². The number of fused-ring (bicyclic) bond motifs is 12. The van der Waals surface area contributed by atoms with Crippen molar-refractivity contribution in [3.05, 3.63) is 194 Å². The zero-order valence-corrected chi connectivity index (χ0v) is 32.1. The Morgan fingerprint density at radius 1 is 0.293 bits per heavy atom. The van der Waals surface area contributed by atoms with Gasteiger partial charge in [-0.2, -0.15) is 0 Å². The Morgan fingerprint density at radius 2 is 0.897 bits per heavy atom. The summed E-state index contributed by atoms with van der Waals surface area (Å²) in [4.78, 5) is 0. The molecule has 13 rings (SSSR count). The summed E-state index contributed by atoms with van der Waals surface area (Å²) >= 11 is 1.88. The van der Waals surface area contributed by atoms with Crippen LogP contribution in [0.1, 0.15) is 0 Å². The third kappa shape index (κ3) is 4.64. The molecule has 0 aliphatic rings. The van der Waals surface area contributed by atoms with E-state index in [9.17, 15) is 0 Å². The fraction of sp³-hybridized carbons (Fsp3) is 0. The lowest BCUT2D eigenvalue weighted by Gasteiger charge is -2.19. The van der Waals surface area contributed by atoms with Crippen LogP contribution < -0.4 is 0 Å². The highest BCUT2D eigenvalue weighted by molar-refractivity contribution is 7.26. The summed E-state index contributed by atoms with van der Waals surface area (Å²) in [5, 5.41) is 17.5. The number of rotatable bonds is 3. The topological polar surface area (TPSA) is 13.1 Å². The van der Waals surface area contributed by atoms with Crippen molar-refractivity contribution in [2.45, 2.75) is 0 Å². The fourth-order valence-corrected chi connectivity index (χ4v) is 10.9. The van der Waals surface area contributed by atoms with Crippen LogP contribution in [0.4, 0.5) is 0 Å². The number of benzene rings is 11. The number of para-hydroxylation sites is 1. The molecule has 1 nitrogen and oxygen atoms in total. The van der Waals surface area contributed by atoms with Crippen molar-refractivity contribution in [1.29, 1.82) is 0 Å². The molecular weight excluding hydrogens is 721 g/mol. The first-order valence-corrected chi connectivity index (χ1v) is 20.7. The lowest BCUT2D eigenvalue weighted by Crippen LogP contribution is -1.91. The molecule has 2 heteroatoms. The molecule has 0 saturated carbocycles. The smallest absolute Gasteiger partial charge is 0.136 e. The highest BCUT2D eigenvalue weighted by Crippen LogP contribution is 2.46. The molecule has 0 N–H and O–H groups in total. The summed E-state index contributed by atoms with van der Waals surface area (Å²) in [5.74, 6) is 0. The van der Waals surface area contributed by atoms with Crippen molar-refractivity contribution in [1.82, 2.24) is 0 Å². The average molecular weight is 753 g/mol. The van der Waals surface area contributed by atoms with Gasteiger partial charge in [0.25, 0.3) is 0 Å². The summed E-state index contributed by atoms with van der Waals surface area (Å²) in [5.41, 5.74) is 9.42. The number of furan rings is 1. The first-order chi connectivity index (χ1) is 28.7. The highest BCUT2D eigenvalue weighted by atomic mass is 32.1. The maximum Gasteiger partial charge on any atom is 0.136 e. The molecule has 0 atom stereocenters. The van der Waals surface area contributed by atoms with E-state index in [2.05, 4.69) is 188 Å². The number of hydrogen-bond acceptors (Lipinski definition) is 2. The van der Waals surface area contributed by atoms with Crippen LogP contribution in [0.2, 0.25) is 0 Å². The molecule has 0 spiro atoms. The molecule has 0 aliphatic carbocycles. The minimum absolute atomic E-state index is 0.935. The van der Waals surface area contributed by atoms with Crippen LogP contribution in [0, 0.1) is 0 Å². The summed E-state index contributed by atoms with van der Waals surface area (Å²) < 4.78 is 8.86. The second kappa shape index (κ2) is 12.1. The Morgan fingerprint density at radius 3 is 1.69 bits per heavy atom. The van der Waals surface area contributed by atoms with E-state index in [-0.39, 0.29) is 0 Å². The number of hydrogen-bond donors (Lipinski definition) is 0. The minimum atomic E-state index is 0.935. The van der Waals surface area contributed by atoms with Crippen LogP contribution in [0.3, 0.4) is 0 Å². The van der Waals surface area contributed by atoms with Gasteiger partial charge in [0.2, 0.25) is 0 Å². The Labute approximate surface area is 337 Å². The molecular formula is C56H32OS. The SMILES string of the molecule is c1ccc2c(-c3c4ccccc4c(-c4ccc5cc(-c6ccc7sc8c9cc%10c(cc9ccc8c7c6)oc6ccccc6%10)ccc5c4)c4ccccc34)cccc2c1. The van der Waals surface area contributed by atoms with E-state index in [1.165, 1.54) is 118 Å². The molecule has 0 radical (unpaired) electrons. The lowest BCUT2D eigenvalue weighted by molar-refractivity contribution is 0.669. The van der Waals surface area contributed by atoms with Gasteiger partial charge in [-0.05, 0) is 124 Å². The third-order valence-corrected chi connectivity index (χ3v) is 13.6. The van der Waals surface area contributed by atoms with Crippen molar-refractivity contribution in [2.75, 3.05) is 0 Å². The zero-order valence-electron chi connectivity index (χ0n) is 31.3. The maximum atomic E-state index is 6.22. The van der Waals surface area contributed by atoms with Crippen molar-refractivity contribution in [3.8, 4) is 33.4 Å². The Balaban J connectivity index is 0.935. The predicted molar refractivity (Wildman–Crippen MR) is 250 cm³/mol. The van der Waals surface area contributed by atoms with Gasteiger partial charge in [-0.3, -0.25) is 0 Å². The second-order valence-electron chi connectivity index (χ2n) is 15.6. The molecule has 0 fully saturated rings. The van der Waals surface area contributed by atoms with Crippen LogP contribution >= 0.6 is 11.3 Å². The van der Waals surface area contributed by atoms with E-state index in [1.807, 2.05) is 17.4 Å². The zero-order chi connectivity index (χ0) is 37.9. The Kier molecular flexibility index (Phi) is 6.66. The quantitative estimate of drug-likeness (QED) is 0.164. The molecule has 0 amide bonds. The molecule has 13 aromatic rings. The summed E-state index contributed by atoms with van der Waals surface area (Å²) in [6.07, 6.45) is 0. The van der Waals surface area contributed by atoms with Gasteiger partial charge in [-0.15, -0.1) is 11.3 Å². The molecule has 268 valence electrons. The monoisotopic (exact) mass is 752 g/mol. The first kappa shape index (κ1) is 31.9. The van der Waals surface area contributed by atoms with E-state index >= 15 is 0 Å². The summed E-state index contributed by atoms with van der Waals surface area (Å²) in [7, 11) is 0. The van der Waals surface area contributed by atoms with Crippen molar-refractivity contribution in [3.63, 3.8) is 0 Å². The molecule has 0 bridgehead atoms. The number of thiophene rings is 1. The molecule has 2 heterocycles. The fourth-order valence-electron chi connectivity index (χ4n) is 9.71. The maximum absolute atomic E-state index is 6.22. The Bertz CT molecular complexity index is 3800. The van der Waals surface area contributed by atoms with Crippen LogP contribution in [0.25, 0.3) is 129 Å². The van der Waals surface area contributed by atoms with Crippen LogP contribution in [0.15, 0.2) is 199 Å². The van der Waals surface area contributed by atoms with Gasteiger partial charge in [0, 0.05) is 36.3 Å². The van der Waals surface area contributed by atoms with E-state index in [4.69, 9.17) is 4.42 Å².